The molecule has 200 valence electrons. The highest BCUT2D eigenvalue weighted by Crippen LogP contribution is 2.28. The second-order valence-corrected chi connectivity index (χ2v) is 10.2. The van der Waals surface area contributed by atoms with E-state index < -0.39 is 17.9 Å². The summed E-state index contributed by atoms with van der Waals surface area (Å²) in [5.74, 6) is -0.710. The van der Waals surface area contributed by atoms with E-state index in [0.717, 1.165) is 34.8 Å². The maximum absolute atomic E-state index is 13.7. The first-order chi connectivity index (χ1) is 19.5. The zero-order valence-electron chi connectivity index (χ0n) is 21.5. The van der Waals surface area contributed by atoms with Gasteiger partial charge in [-0.1, -0.05) is 35.9 Å². The minimum atomic E-state index is -1.01. The van der Waals surface area contributed by atoms with Gasteiger partial charge in [-0.3, -0.25) is 19.4 Å². The molecule has 0 spiro atoms. The number of carbonyl (C=O) groups excluding carboxylic acids is 3. The van der Waals surface area contributed by atoms with Crippen molar-refractivity contribution < 1.29 is 14.4 Å². The molecule has 3 aromatic carbocycles. The van der Waals surface area contributed by atoms with E-state index in [9.17, 15) is 14.4 Å². The number of H-pyrrole nitrogens is 1. The summed E-state index contributed by atoms with van der Waals surface area (Å²) in [6, 6.07) is 20.5. The predicted octanol–water partition coefficient (Wildman–Crippen LogP) is 6.00. The number of hydrogen-bond acceptors (Lipinski definition) is 4. The highest BCUT2D eigenvalue weighted by atomic mass is 35.5. The van der Waals surface area contributed by atoms with Gasteiger partial charge in [0.25, 0.3) is 11.8 Å². The molecule has 0 saturated carbocycles. The molecular formula is C31H26ClN5O3. The summed E-state index contributed by atoms with van der Waals surface area (Å²) in [5, 5.41) is 7.99. The van der Waals surface area contributed by atoms with E-state index >= 15 is 0 Å². The van der Waals surface area contributed by atoms with Crippen molar-refractivity contribution in [2.24, 2.45) is 0 Å². The molecule has 1 aliphatic rings. The van der Waals surface area contributed by atoms with Crippen molar-refractivity contribution >= 4 is 62.5 Å². The molecule has 1 fully saturated rings. The fourth-order valence-electron chi connectivity index (χ4n) is 5.12. The Balaban J connectivity index is 1.29. The van der Waals surface area contributed by atoms with E-state index in [1.165, 1.54) is 0 Å². The first kappa shape index (κ1) is 25.6. The highest BCUT2D eigenvalue weighted by molar-refractivity contribution is 6.35. The lowest BCUT2D eigenvalue weighted by molar-refractivity contribution is -0.119. The van der Waals surface area contributed by atoms with Gasteiger partial charge in [0, 0.05) is 58.6 Å². The zero-order chi connectivity index (χ0) is 27.6. The van der Waals surface area contributed by atoms with Crippen molar-refractivity contribution in [3.63, 3.8) is 0 Å². The van der Waals surface area contributed by atoms with Gasteiger partial charge < -0.3 is 20.5 Å². The standard InChI is InChI=1S/C31H26ClN5O3/c32-25-18-34-27-17-19(8-13-24(25)27)30(39)36-29(23-14-15-33-26-6-2-1-5-22(23)26)31(40)35-20-9-11-21(12-10-20)37-16-4-3-7-28(37)38/h1-2,5-6,8-15,17-18,29,34H,3-4,7,16H2,(H,35,40)(H,36,39). The van der Waals surface area contributed by atoms with Crippen molar-refractivity contribution in [1.82, 2.24) is 15.3 Å². The fraction of sp³-hybridized carbons (Fsp3) is 0.161. The molecule has 3 heterocycles. The molecule has 0 bridgehead atoms. The van der Waals surface area contributed by atoms with Crippen LogP contribution in [0.4, 0.5) is 11.4 Å². The van der Waals surface area contributed by atoms with Gasteiger partial charge >= 0.3 is 0 Å². The normalized spacial score (nSPS) is 14.3. The first-order valence-corrected chi connectivity index (χ1v) is 13.5. The summed E-state index contributed by atoms with van der Waals surface area (Å²) in [5.41, 5.74) is 3.80. The second-order valence-electron chi connectivity index (χ2n) is 9.76. The zero-order valence-corrected chi connectivity index (χ0v) is 22.2. The number of benzene rings is 3. The largest absolute Gasteiger partial charge is 0.360 e. The lowest BCUT2D eigenvalue weighted by Crippen LogP contribution is -2.37. The molecule has 1 unspecified atom stereocenters. The van der Waals surface area contributed by atoms with Gasteiger partial charge in [0.1, 0.15) is 6.04 Å². The number of aromatic nitrogens is 2. The summed E-state index contributed by atoms with van der Waals surface area (Å²) in [6.45, 7) is 0.689. The number of anilines is 2. The minimum absolute atomic E-state index is 0.107. The fourth-order valence-corrected chi connectivity index (χ4v) is 5.34. The second kappa shape index (κ2) is 10.8. The van der Waals surface area contributed by atoms with Crippen LogP contribution in [0.1, 0.15) is 41.2 Å². The van der Waals surface area contributed by atoms with Gasteiger partial charge in [-0.05, 0) is 66.9 Å². The summed E-state index contributed by atoms with van der Waals surface area (Å²) in [6.07, 6.45) is 5.72. The van der Waals surface area contributed by atoms with Crippen LogP contribution in [0.3, 0.4) is 0 Å². The molecule has 8 nitrogen and oxygen atoms in total. The van der Waals surface area contributed by atoms with Crippen LogP contribution >= 0.6 is 11.6 Å². The molecule has 1 atom stereocenters. The molecule has 1 saturated heterocycles. The molecule has 6 rings (SSSR count). The Labute approximate surface area is 235 Å². The lowest BCUT2D eigenvalue weighted by Gasteiger charge is -2.27. The van der Waals surface area contributed by atoms with Crippen LogP contribution in [0.25, 0.3) is 21.8 Å². The summed E-state index contributed by atoms with van der Waals surface area (Å²) >= 11 is 6.19. The highest BCUT2D eigenvalue weighted by Gasteiger charge is 2.26. The minimum Gasteiger partial charge on any atom is -0.360 e. The van der Waals surface area contributed by atoms with Crippen LogP contribution in [0, 0.1) is 0 Å². The number of aromatic amines is 1. The van der Waals surface area contributed by atoms with Crippen LogP contribution in [0.15, 0.2) is 85.2 Å². The molecular weight excluding hydrogens is 526 g/mol. The van der Waals surface area contributed by atoms with Crippen LogP contribution in [-0.4, -0.2) is 34.2 Å². The number of amides is 3. The van der Waals surface area contributed by atoms with Crippen LogP contribution in [0.2, 0.25) is 5.02 Å². The number of piperidine rings is 1. The van der Waals surface area contributed by atoms with E-state index in [4.69, 9.17) is 11.6 Å². The number of para-hydroxylation sites is 1. The topological polar surface area (TPSA) is 107 Å². The Bertz CT molecular complexity index is 1740. The Morgan fingerprint density at radius 2 is 1.80 bits per heavy atom. The van der Waals surface area contributed by atoms with E-state index in [1.54, 1.807) is 53.7 Å². The van der Waals surface area contributed by atoms with Crippen LogP contribution < -0.4 is 15.5 Å². The third-order valence-corrected chi connectivity index (χ3v) is 7.51. The van der Waals surface area contributed by atoms with Crippen molar-refractivity contribution in [3.8, 4) is 0 Å². The van der Waals surface area contributed by atoms with Gasteiger partial charge in [0.2, 0.25) is 5.91 Å². The smallest absolute Gasteiger partial charge is 0.252 e. The van der Waals surface area contributed by atoms with Crippen LogP contribution in [-0.2, 0) is 9.59 Å². The van der Waals surface area contributed by atoms with Gasteiger partial charge in [-0.2, -0.15) is 0 Å². The molecule has 0 aliphatic carbocycles. The first-order valence-electron chi connectivity index (χ1n) is 13.1. The Kier molecular flexibility index (Phi) is 6.92. The average Bonchev–Trinajstić information content (AvgIpc) is 3.36. The molecule has 9 heteroatoms. The van der Waals surface area contributed by atoms with E-state index in [-0.39, 0.29) is 5.91 Å². The lowest BCUT2D eigenvalue weighted by atomic mass is 10.0. The van der Waals surface area contributed by atoms with Crippen molar-refractivity contribution in [1.29, 1.82) is 0 Å². The van der Waals surface area contributed by atoms with E-state index in [1.807, 2.05) is 36.4 Å². The Hall–Kier alpha value is -4.69. The maximum atomic E-state index is 13.7. The molecule has 2 aromatic heterocycles. The number of carbonyl (C=O) groups is 3. The molecule has 0 radical (unpaired) electrons. The van der Waals surface area contributed by atoms with Crippen molar-refractivity contribution in [3.05, 3.63) is 101 Å². The average molecular weight is 552 g/mol. The third-order valence-electron chi connectivity index (χ3n) is 7.19. The Morgan fingerprint density at radius 3 is 2.62 bits per heavy atom. The summed E-state index contributed by atoms with van der Waals surface area (Å²) < 4.78 is 0. The molecule has 1 aliphatic heterocycles. The number of nitrogens with one attached hydrogen (secondary N) is 3. The predicted molar refractivity (Wildman–Crippen MR) is 157 cm³/mol. The van der Waals surface area contributed by atoms with Crippen molar-refractivity contribution in [2.45, 2.75) is 25.3 Å². The quantitative estimate of drug-likeness (QED) is 0.241. The van der Waals surface area contributed by atoms with E-state index in [2.05, 4.69) is 20.6 Å². The van der Waals surface area contributed by atoms with Gasteiger partial charge in [-0.25, -0.2) is 0 Å². The van der Waals surface area contributed by atoms with Crippen molar-refractivity contribution in [2.75, 3.05) is 16.8 Å². The number of hydrogen-bond donors (Lipinski definition) is 3. The Morgan fingerprint density at radius 1 is 0.975 bits per heavy atom. The van der Waals surface area contributed by atoms with E-state index in [0.29, 0.717) is 40.3 Å². The van der Waals surface area contributed by atoms with Gasteiger partial charge in [-0.15, -0.1) is 0 Å². The third kappa shape index (κ3) is 5.01. The van der Waals surface area contributed by atoms with Gasteiger partial charge in [0.15, 0.2) is 0 Å². The monoisotopic (exact) mass is 551 g/mol. The van der Waals surface area contributed by atoms with Gasteiger partial charge in [0.05, 0.1) is 10.5 Å². The van der Waals surface area contributed by atoms with Crippen LogP contribution in [0.5, 0.6) is 0 Å². The molecule has 40 heavy (non-hydrogen) atoms. The number of nitrogens with zero attached hydrogens (tertiary/aromatic N) is 2. The molecule has 5 aromatic rings. The summed E-state index contributed by atoms with van der Waals surface area (Å²) in [7, 11) is 0. The number of rotatable bonds is 6. The molecule has 3 amide bonds. The molecule has 3 N–H and O–H groups in total. The number of halogens is 1. The number of pyridine rings is 1. The summed E-state index contributed by atoms with van der Waals surface area (Å²) in [4.78, 5) is 48.7. The maximum Gasteiger partial charge on any atom is 0.252 e. The number of fused-ring (bicyclic) bond motifs is 2. The SMILES string of the molecule is O=C(NC(C(=O)Nc1ccc(N2CCCCC2=O)cc1)c1ccnc2ccccc12)c1ccc2c(Cl)c[nH]c2c1.